The lowest BCUT2D eigenvalue weighted by atomic mass is 9.88. The van der Waals surface area contributed by atoms with Crippen LogP contribution in [0.5, 0.6) is 0 Å². The van der Waals surface area contributed by atoms with Crippen molar-refractivity contribution in [1.82, 2.24) is 14.5 Å². The lowest BCUT2D eigenvalue weighted by Crippen LogP contribution is -2.53. The molecule has 1 aliphatic carbocycles. The predicted octanol–water partition coefficient (Wildman–Crippen LogP) is 4.36. The Kier molecular flexibility index (Phi) is 4.64. The number of hydrogen-bond donors (Lipinski definition) is 0. The highest BCUT2D eigenvalue weighted by atomic mass is 16.2. The lowest BCUT2D eigenvalue weighted by molar-refractivity contribution is -0.134. The van der Waals surface area contributed by atoms with Crippen LogP contribution >= 0.6 is 0 Å². The monoisotopic (exact) mass is 392 g/mol. The second kappa shape index (κ2) is 7.19. The van der Waals surface area contributed by atoms with Crippen LogP contribution in [0.15, 0.2) is 36.7 Å². The Morgan fingerprint density at radius 1 is 1.24 bits per heavy atom. The molecule has 0 bridgehead atoms. The van der Waals surface area contributed by atoms with Gasteiger partial charge in [0.2, 0.25) is 5.91 Å². The van der Waals surface area contributed by atoms with E-state index in [1.165, 1.54) is 24.2 Å². The number of likely N-dealkylation sites (tertiary alicyclic amines) is 1. The zero-order valence-corrected chi connectivity index (χ0v) is 17.7. The van der Waals surface area contributed by atoms with Gasteiger partial charge in [0.1, 0.15) is 5.54 Å². The first kappa shape index (κ1) is 18.7. The van der Waals surface area contributed by atoms with E-state index in [0.717, 1.165) is 51.1 Å². The first-order valence-corrected chi connectivity index (χ1v) is 11.3. The average molecular weight is 393 g/mol. The highest BCUT2D eigenvalue weighted by Crippen LogP contribution is 2.47. The number of pyridine rings is 1. The van der Waals surface area contributed by atoms with Crippen molar-refractivity contribution >= 4 is 11.6 Å². The summed E-state index contributed by atoms with van der Waals surface area (Å²) in [5, 5.41) is 0. The second-order valence-corrected chi connectivity index (χ2v) is 9.47. The molecular weight excluding hydrogens is 360 g/mol. The van der Waals surface area contributed by atoms with Crippen molar-refractivity contribution in [2.75, 3.05) is 24.5 Å². The highest BCUT2D eigenvalue weighted by Gasteiger charge is 2.51. The van der Waals surface area contributed by atoms with Crippen LogP contribution in [0.3, 0.4) is 0 Å². The van der Waals surface area contributed by atoms with Gasteiger partial charge >= 0.3 is 0 Å². The summed E-state index contributed by atoms with van der Waals surface area (Å²) in [6, 6.07) is 8.61. The van der Waals surface area contributed by atoms with Gasteiger partial charge in [-0.05, 0) is 55.9 Å². The molecule has 2 aliphatic heterocycles. The van der Waals surface area contributed by atoms with Crippen LogP contribution < -0.4 is 4.90 Å². The van der Waals surface area contributed by atoms with Crippen LogP contribution in [0.1, 0.15) is 58.1 Å². The van der Waals surface area contributed by atoms with Crippen LogP contribution in [0.25, 0.3) is 5.82 Å². The van der Waals surface area contributed by atoms with Crippen molar-refractivity contribution in [1.29, 1.82) is 0 Å². The van der Waals surface area contributed by atoms with Gasteiger partial charge in [0.25, 0.3) is 0 Å². The van der Waals surface area contributed by atoms with Gasteiger partial charge in [0.15, 0.2) is 5.82 Å². The quantitative estimate of drug-likeness (QED) is 0.776. The molecule has 4 heterocycles. The second-order valence-electron chi connectivity index (χ2n) is 9.47. The summed E-state index contributed by atoms with van der Waals surface area (Å²) in [7, 11) is 0. The molecule has 5 heteroatoms. The molecule has 0 unspecified atom stereocenters. The van der Waals surface area contributed by atoms with Crippen molar-refractivity contribution in [3.8, 4) is 5.82 Å². The van der Waals surface area contributed by atoms with Gasteiger partial charge in [-0.1, -0.05) is 26.7 Å². The van der Waals surface area contributed by atoms with E-state index < -0.39 is 0 Å². The third-order valence-electron chi connectivity index (χ3n) is 7.22. The predicted molar refractivity (Wildman–Crippen MR) is 115 cm³/mol. The van der Waals surface area contributed by atoms with Gasteiger partial charge in [-0.2, -0.15) is 0 Å². The SMILES string of the molecule is CC(C)CCN1c2cccnc2-n2cccc2[C@]12CCN(C(=O)C1CCCC1)C2. The number of carbonyl (C=O) groups is 1. The molecule has 1 saturated heterocycles. The summed E-state index contributed by atoms with van der Waals surface area (Å²) in [5.41, 5.74) is 2.34. The fourth-order valence-electron chi connectivity index (χ4n) is 5.66. The van der Waals surface area contributed by atoms with Crippen molar-refractivity contribution in [2.24, 2.45) is 11.8 Å². The van der Waals surface area contributed by atoms with Crippen LogP contribution in [0, 0.1) is 11.8 Å². The third-order valence-corrected chi connectivity index (χ3v) is 7.22. The molecule has 29 heavy (non-hydrogen) atoms. The first-order chi connectivity index (χ1) is 14.1. The van der Waals surface area contributed by atoms with E-state index in [9.17, 15) is 4.79 Å². The number of anilines is 1. The Hall–Kier alpha value is -2.30. The van der Waals surface area contributed by atoms with Gasteiger partial charge in [0.05, 0.1) is 11.4 Å². The largest absolute Gasteiger partial charge is 0.355 e. The molecule has 2 aromatic rings. The fourth-order valence-corrected chi connectivity index (χ4v) is 5.66. The van der Waals surface area contributed by atoms with E-state index in [1.54, 1.807) is 0 Å². The molecule has 3 aliphatic rings. The van der Waals surface area contributed by atoms with Gasteiger partial charge in [0, 0.05) is 37.9 Å². The number of hydrogen-bond acceptors (Lipinski definition) is 3. The van der Waals surface area contributed by atoms with Gasteiger partial charge in [-0.15, -0.1) is 0 Å². The summed E-state index contributed by atoms with van der Waals surface area (Å²) in [4.78, 5) is 22.7. The summed E-state index contributed by atoms with van der Waals surface area (Å²) in [5.74, 6) is 2.29. The molecule has 5 nitrogen and oxygen atoms in total. The number of aromatic nitrogens is 2. The first-order valence-electron chi connectivity index (χ1n) is 11.3. The Morgan fingerprint density at radius 2 is 2.07 bits per heavy atom. The highest BCUT2D eigenvalue weighted by molar-refractivity contribution is 5.80. The smallest absolute Gasteiger partial charge is 0.225 e. The summed E-state index contributed by atoms with van der Waals surface area (Å²) < 4.78 is 2.25. The minimum atomic E-state index is -0.150. The number of amides is 1. The topological polar surface area (TPSA) is 41.4 Å². The molecular formula is C24H32N4O. The zero-order valence-electron chi connectivity index (χ0n) is 17.7. The average Bonchev–Trinajstić information content (AvgIpc) is 3.47. The van der Waals surface area contributed by atoms with Gasteiger partial charge in [-0.25, -0.2) is 4.98 Å². The van der Waals surface area contributed by atoms with E-state index in [-0.39, 0.29) is 11.5 Å². The van der Waals surface area contributed by atoms with Gasteiger partial charge < -0.3 is 14.4 Å². The minimum absolute atomic E-state index is 0.150. The van der Waals surface area contributed by atoms with Crippen LogP contribution in [0.2, 0.25) is 0 Å². The maximum atomic E-state index is 13.2. The maximum absolute atomic E-state index is 13.2. The normalized spacial score (nSPS) is 23.8. The third kappa shape index (κ3) is 2.97. The molecule has 5 rings (SSSR count). The van der Waals surface area contributed by atoms with Crippen LogP contribution in [-0.4, -0.2) is 40.0 Å². The van der Waals surface area contributed by atoms with E-state index in [0.29, 0.717) is 11.8 Å². The van der Waals surface area contributed by atoms with E-state index in [4.69, 9.17) is 4.98 Å². The van der Waals surface area contributed by atoms with E-state index >= 15 is 0 Å². The molecule has 1 saturated carbocycles. The molecule has 0 radical (unpaired) electrons. The van der Waals surface area contributed by atoms with E-state index in [2.05, 4.69) is 52.6 Å². The van der Waals surface area contributed by atoms with Crippen LogP contribution in [-0.2, 0) is 10.3 Å². The Balaban J connectivity index is 1.54. The van der Waals surface area contributed by atoms with Crippen LogP contribution in [0.4, 0.5) is 5.69 Å². The molecule has 2 aromatic heterocycles. The minimum Gasteiger partial charge on any atom is -0.355 e. The molecule has 1 atom stereocenters. The Bertz CT molecular complexity index is 898. The molecule has 1 amide bonds. The molecule has 1 spiro atoms. The Labute approximate surface area is 173 Å². The number of rotatable bonds is 4. The molecule has 154 valence electrons. The number of nitrogens with zero attached hydrogens (tertiary/aromatic N) is 4. The molecule has 0 N–H and O–H groups in total. The van der Waals surface area contributed by atoms with Crippen molar-refractivity contribution in [2.45, 2.75) is 57.9 Å². The standard InChI is InChI=1S/C24H32N4O/c1-18(2)11-15-28-20-9-5-13-25-22(20)27-14-6-10-21(27)24(28)12-16-26(17-24)23(29)19-7-3-4-8-19/h5-6,9-10,13-14,18-19H,3-4,7-8,11-12,15-17H2,1-2H3/t24-/m1/s1. The van der Waals surface area contributed by atoms with E-state index in [1.807, 2.05) is 12.3 Å². The van der Waals surface area contributed by atoms with Crippen molar-refractivity contribution in [3.05, 3.63) is 42.4 Å². The van der Waals surface area contributed by atoms with Crippen molar-refractivity contribution < 1.29 is 4.79 Å². The number of carbonyl (C=O) groups excluding carboxylic acids is 1. The molecule has 2 fully saturated rings. The van der Waals surface area contributed by atoms with Gasteiger partial charge in [-0.3, -0.25) is 4.79 Å². The Morgan fingerprint density at radius 3 is 2.86 bits per heavy atom. The molecule has 0 aromatic carbocycles. The number of fused-ring (bicyclic) bond motifs is 4. The lowest BCUT2D eigenvalue weighted by Gasteiger charge is -2.47. The summed E-state index contributed by atoms with van der Waals surface area (Å²) >= 11 is 0. The summed E-state index contributed by atoms with van der Waals surface area (Å²) in [6.45, 7) is 7.21. The summed E-state index contributed by atoms with van der Waals surface area (Å²) in [6.07, 6.45) is 10.7. The van der Waals surface area contributed by atoms with Crippen molar-refractivity contribution in [3.63, 3.8) is 0 Å². The fraction of sp³-hybridized carbons (Fsp3) is 0.583. The maximum Gasteiger partial charge on any atom is 0.225 e. The zero-order chi connectivity index (χ0) is 20.0.